The molecule has 214 valence electrons. The summed E-state index contributed by atoms with van der Waals surface area (Å²) < 4.78 is 0.674. The van der Waals surface area contributed by atoms with Crippen LogP contribution in [0.3, 0.4) is 0 Å². The van der Waals surface area contributed by atoms with Gasteiger partial charge in [0, 0.05) is 35.8 Å². The van der Waals surface area contributed by atoms with Crippen LogP contribution in [0.1, 0.15) is 50.8 Å². The molecule has 9 heteroatoms. The standard InChI is InChI=1S/C33H33N5O3S/c1-3-25(39)38-15-7-11-21(17-38)37-32(41)30-27-26-23(13-14-24(34)29(26)42-30)33(36,31(40)28(27)35)20-10-6-9-19(16-20)22-12-5-4-8-18(22)2/h3-6,8-10,12-14,16,21,28H,1,7,11,15,17,34-36H2,2H3,(H,37,41). The number of nitrogen functional groups attached to an aromatic ring is 1. The number of amides is 2. The molecule has 1 saturated heterocycles. The number of Topliss-reactive ketones (excluding diaryl/α,β-unsaturated/α-hetero) is 1. The van der Waals surface area contributed by atoms with Gasteiger partial charge in [-0.25, -0.2) is 0 Å². The van der Waals surface area contributed by atoms with Gasteiger partial charge in [-0.15, -0.1) is 11.3 Å². The maximum absolute atomic E-state index is 14.2. The molecular formula is C33H33N5O3S. The van der Waals surface area contributed by atoms with E-state index < -0.39 is 17.4 Å². The van der Waals surface area contributed by atoms with Crippen molar-refractivity contribution < 1.29 is 14.4 Å². The summed E-state index contributed by atoms with van der Waals surface area (Å²) in [6.07, 6.45) is 2.77. The minimum atomic E-state index is -1.54. The van der Waals surface area contributed by atoms with Crippen molar-refractivity contribution in [2.24, 2.45) is 11.5 Å². The van der Waals surface area contributed by atoms with Crippen LogP contribution in [-0.4, -0.2) is 41.6 Å². The number of anilines is 1. The topological polar surface area (TPSA) is 145 Å². The van der Waals surface area contributed by atoms with Crippen LogP contribution in [-0.2, 0) is 15.1 Å². The van der Waals surface area contributed by atoms with Gasteiger partial charge in [-0.05, 0) is 65.8 Å². The highest BCUT2D eigenvalue weighted by atomic mass is 32.1. The first-order chi connectivity index (χ1) is 20.1. The second-order valence-corrected chi connectivity index (χ2v) is 12.1. The number of rotatable bonds is 5. The second-order valence-electron chi connectivity index (χ2n) is 11.1. The molecule has 8 nitrogen and oxygen atoms in total. The van der Waals surface area contributed by atoms with Gasteiger partial charge in [0.2, 0.25) is 5.91 Å². The number of carbonyl (C=O) groups is 3. The Balaban J connectivity index is 1.44. The molecule has 1 aliphatic heterocycles. The van der Waals surface area contributed by atoms with Gasteiger partial charge in [-0.2, -0.15) is 0 Å². The number of nitrogens with one attached hydrogen (secondary N) is 1. The van der Waals surface area contributed by atoms with Gasteiger partial charge >= 0.3 is 0 Å². The lowest BCUT2D eigenvalue weighted by Gasteiger charge is -2.37. The van der Waals surface area contributed by atoms with Crippen molar-refractivity contribution >= 4 is 44.7 Å². The van der Waals surface area contributed by atoms with Crippen molar-refractivity contribution in [3.63, 3.8) is 0 Å². The molecule has 1 aromatic heterocycles. The number of likely N-dealkylation sites (tertiary alicyclic amines) is 1. The third-order valence-corrected chi connectivity index (χ3v) is 9.79. The van der Waals surface area contributed by atoms with E-state index in [2.05, 4.69) is 11.9 Å². The predicted molar refractivity (Wildman–Crippen MR) is 167 cm³/mol. The number of hydrogen-bond donors (Lipinski definition) is 4. The Bertz CT molecular complexity index is 1780. The normalized spacial score (nSPS) is 21.8. The molecule has 0 bridgehead atoms. The highest BCUT2D eigenvalue weighted by Gasteiger charge is 2.49. The average Bonchev–Trinajstić information content (AvgIpc) is 3.41. The zero-order valence-corrected chi connectivity index (χ0v) is 24.2. The Morgan fingerprint density at radius 1 is 1.14 bits per heavy atom. The average molecular weight is 580 g/mol. The molecular weight excluding hydrogens is 546 g/mol. The van der Waals surface area contributed by atoms with E-state index in [1.165, 1.54) is 17.4 Å². The summed E-state index contributed by atoms with van der Waals surface area (Å²) in [4.78, 5) is 42.1. The number of benzene rings is 3. The molecule has 0 radical (unpaired) electrons. The first kappa shape index (κ1) is 27.8. The number of hydrogen-bond acceptors (Lipinski definition) is 7. The van der Waals surface area contributed by atoms with Crippen molar-refractivity contribution in [1.82, 2.24) is 10.2 Å². The Morgan fingerprint density at radius 2 is 1.93 bits per heavy atom. The van der Waals surface area contributed by atoms with E-state index in [9.17, 15) is 14.4 Å². The molecule has 3 aromatic carbocycles. The molecule has 2 amide bonds. The quantitative estimate of drug-likeness (QED) is 0.207. The van der Waals surface area contributed by atoms with Gasteiger partial charge in [-0.1, -0.05) is 55.1 Å². The SMILES string of the molecule is C=CC(=O)N1CCCC(NC(=O)c2sc3c(N)ccc4c3c2C(N)C(=O)C4(N)c2cccc(-c3ccccc3C)c2)C1. The van der Waals surface area contributed by atoms with Gasteiger partial charge in [0.15, 0.2) is 5.78 Å². The summed E-state index contributed by atoms with van der Waals surface area (Å²) in [5.41, 5.74) is 23.9. The summed E-state index contributed by atoms with van der Waals surface area (Å²) in [6.45, 7) is 6.61. The summed E-state index contributed by atoms with van der Waals surface area (Å²) >= 11 is 1.22. The van der Waals surface area contributed by atoms with Crippen LogP contribution in [0, 0.1) is 6.92 Å². The highest BCUT2D eigenvalue weighted by molar-refractivity contribution is 7.21. The second kappa shape index (κ2) is 10.5. The fourth-order valence-electron chi connectivity index (χ4n) is 6.35. The van der Waals surface area contributed by atoms with Crippen LogP contribution < -0.4 is 22.5 Å². The van der Waals surface area contributed by atoms with Crippen LogP contribution in [0.25, 0.3) is 21.2 Å². The lowest BCUT2D eigenvalue weighted by Crippen LogP contribution is -2.53. The van der Waals surface area contributed by atoms with Gasteiger partial charge in [0.25, 0.3) is 5.91 Å². The van der Waals surface area contributed by atoms with Crippen LogP contribution in [0.4, 0.5) is 5.69 Å². The maximum atomic E-state index is 14.2. The van der Waals surface area contributed by atoms with E-state index in [4.69, 9.17) is 17.2 Å². The lowest BCUT2D eigenvalue weighted by atomic mass is 9.70. The van der Waals surface area contributed by atoms with Crippen molar-refractivity contribution in [3.05, 3.63) is 100 Å². The molecule has 6 rings (SSSR count). The first-order valence-corrected chi connectivity index (χ1v) is 14.8. The Hall–Kier alpha value is -4.31. The molecule has 0 saturated carbocycles. The summed E-state index contributed by atoms with van der Waals surface area (Å²) in [7, 11) is 0. The number of thiophene rings is 1. The molecule has 7 N–H and O–H groups in total. The van der Waals surface area contributed by atoms with Crippen molar-refractivity contribution in [2.75, 3.05) is 18.8 Å². The lowest BCUT2D eigenvalue weighted by molar-refractivity contribution is -0.127. The van der Waals surface area contributed by atoms with Crippen molar-refractivity contribution in [3.8, 4) is 11.1 Å². The summed E-state index contributed by atoms with van der Waals surface area (Å²) in [6, 6.07) is 17.9. The van der Waals surface area contributed by atoms with Crippen LogP contribution in [0.15, 0.2) is 73.3 Å². The van der Waals surface area contributed by atoms with Crippen LogP contribution in [0.5, 0.6) is 0 Å². The summed E-state index contributed by atoms with van der Waals surface area (Å²) in [5.74, 6) is -0.902. The van der Waals surface area contributed by atoms with Crippen LogP contribution >= 0.6 is 11.3 Å². The minimum absolute atomic E-state index is 0.165. The number of aryl methyl sites for hydroxylation is 1. The highest BCUT2D eigenvalue weighted by Crippen LogP contribution is 2.49. The molecule has 2 heterocycles. The van der Waals surface area contributed by atoms with Gasteiger partial charge in [0.1, 0.15) is 5.54 Å². The number of nitrogens with zero attached hydrogens (tertiary/aromatic N) is 1. The maximum Gasteiger partial charge on any atom is 0.262 e. The monoisotopic (exact) mass is 579 g/mol. The van der Waals surface area contributed by atoms with E-state index in [1.54, 1.807) is 17.0 Å². The molecule has 3 unspecified atom stereocenters. The first-order valence-electron chi connectivity index (χ1n) is 14.0. The van der Waals surface area contributed by atoms with Gasteiger partial charge in [-0.3, -0.25) is 14.4 Å². The Kier molecular flexibility index (Phi) is 6.97. The zero-order valence-electron chi connectivity index (χ0n) is 23.4. The Morgan fingerprint density at radius 3 is 2.69 bits per heavy atom. The van der Waals surface area contributed by atoms with Crippen molar-refractivity contribution in [2.45, 2.75) is 37.4 Å². The molecule has 0 spiro atoms. The van der Waals surface area contributed by atoms with Crippen LogP contribution in [0.2, 0.25) is 0 Å². The number of piperidine rings is 1. The fourth-order valence-corrected chi connectivity index (χ4v) is 7.55. The van der Waals surface area contributed by atoms with Gasteiger partial charge < -0.3 is 27.4 Å². The van der Waals surface area contributed by atoms with E-state index in [0.29, 0.717) is 50.4 Å². The molecule has 42 heavy (non-hydrogen) atoms. The van der Waals surface area contributed by atoms with Gasteiger partial charge in [0.05, 0.1) is 15.6 Å². The number of carbonyl (C=O) groups excluding carboxylic acids is 3. The fraction of sp³-hybridized carbons (Fsp3) is 0.242. The van der Waals surface area contributed by atoms with E-state index in [0.717, 1.165) is 29.5 Å². The van der Waals surface area contributed by atoms with E-state index in [1.807, 2.05) is 55.5 Å². The minimum Gasteiger partial charge on any atom is -0.398 e. The third kappa shape index (κ3) is 4.32. The Labute approximate surface area is 248 Å². The largest absolute Gasteiger partial charge is 0.398 e. The molecule has 1 aliphatic carbocycles. The molecule has 1 fully saturated rings. The summed E-state index contributed by atoms with van der Waals surface area (Å²) in [5, 5.41) is 3.73. The van der Waals surface area contributed by atoms with Crippen molar-refractivity contribution in [1.29, 1.82) is 0 Å². The molecule has 2 aliphatic rings. The van der Waals surface area contributed by atoms with E-state index in [-0.39, 0.29) is 17.9 Å². The zero-order chi connectivity index (χ0) is 29.8. The number of nitrogens with two attached hydrogens (primary N) is 3. The van der Waals surface area contributed by atoms with E-state index >= 15 is 0 Å². The molecule has 4 aromatic rings. The smallest absolute Gasteiger partial charge is 0.262 e. The molecule has 3 atom stereocenters. The number of ketones is 1. The third-order valence-electron chi connectivity index (χ3n) is 8.54. The predicted octanol–water partition coefficient (Wildman–Crippen LogP) is 4.15.